The Hall–Kier alpha value is -3.52. The maximum Gasteiger partial charge on any atom is 0.344 e. The fourth-order valence-electron chi connectivity index (χ4n) is 2.74. The third-order valence-corrected chi connectivity index (χ3v) is 5.21. The van der Waals surface area contributed by atoms with Gasteiger partial charge in [0.1, 0.15) is 22.1 Å². The summed E-state index contributed by atoms with van der Waals surface area (Å²) in [6.45, 7) is 3.30. The molecule has 0 radical (unpaired) electrons. The number of carboxylic acid groups (broad SMARTS) is 1. The fourth-order valence-corrected chi connectivity index (χ4v) is 3.77. The Morgan fingerprint density at radius 2 is 1.84 bits per heavy atom. The topological polar surface area (TPSA) is 105 Å². The number of ether oxygens (including phenoxy) is 2. The summed E-state index contributed by atoms with van der Waals surface area (Å²) in [7, 11) is 0. The van der Waals surface area contributed by atoms with Crippen LogP contribution in [-0.4, -0.2) is 40.4 Å². The summed E-state index contributed by atoms with van der Waals surface area (Å²) in [5.41, 5.74) is 2.25. The van der Waals surface area contributed by atoms with E-state index in [2.05, 4.69) is 4.99 Å². The Morgan fingerprint density at radius 1 is 1.13 bits per heavy atom. The molecule has 7 nitrogen and oxygen atoms in total. The van der Waals surface area contributed by atoms with Crippen LogP contribution in [0.4, 0.5) is 5.69 Å². The van der Waals surface area contributed by atoms with E-state index < -0.39 is 18.5 Å². The van der Waals surface area contributed by atoms with E-state index in [9.17, 15) is 14.7 Å². The molecule has 0 saturated heterocycles. The van der Waals surface area contributed by atoms with Crippen molar-refractivity contribution in [1.29, 1.82) is 0 Å². The number of esters is 1. The summed E-state index contributed by atoms with van der Waals surface area (Å²) in [6, 6.07) is 14.3. The SMILES string of the molecule is CCOC(=O)C1=C(O)C(=Cc2ccccc2OCC(=O)O)SC1=Nc1ccc(C)cc1. The second-order valence-electron chi connectivity index (χ2n) is 6.53. The van der Waals surface area contributed by atoms with E-state index in [-0.39, 0.29) is 17.9 Å². The van der Waals surface area contributed by atoms with E-state index in [4.69, 9.17) is 14.6 Å². The predicted octanol–water partition coefficient (Wildman–Crippen LogP) is 4.65. The Bertz CT molecular complexity index is 1090. The molecule has 2 N–H and O–H groups in total. The number of thioether (sulfide) groups is 1. The minimum Gasteiger partial charge on any atom is -0.506 e. The highest BCUT2D eigenvalue weighted by atomic mass is 32.2. The van der Waals surface area contributed by atoms with E-state index in [1.165, 1.54) is 0 Å². The van der Waals surface area contributed by atoms with Crippen LogP contribution in [0.1, 0.15) is 18.1 Å². The minimum atomic E-state index is -1.10. The third kappa shape index (κ3) is 5.55. The number of hydrogen-bond acceptors (Lipinski definition) is 7. The van der Waals surface area contributed by atoms with Gasteiger partial charge in [-0.2, -0.15) is 0 Å². The molecule has 0 aromatic heterocycles. The van der Waals surface area contributed by atoms with Gasteiger partial charge in [0, 0.05) is 5.56 Å². The molecule has 2 aromatic carbocycles. The van der Waals surface area contributed by atoms with Crippen molar-refractivity contribution in [1.82, 2.24) is 0 Å². The van der Waals surface area contributed by atoms with Gasteiger partial charge in [0.25, 0.3) is 0 Å². The van der Waals surface area contributed by atoms with Gasteiger partial charge in [0.2, 0.25) is 0 Å². The van der Waals surface area contributed by atoms with Crippen LogP contribution in [0.2, 0.25) is 0 Å². The van der Waals surface area contributed by atoms with Crippen molar-refractivity contribution in [2.75, 3.05) is 13.2 Å². The Morgan fingerprint density at radius 3 is 2.52 bits per heavy atom. The molecular weight excluding hydrogens is 418 g/mol. The Kier molecular flexibility index (Phi) is 7.15. The largest absolute Gasteiger partial charge is 0.506 e. The monoisotopic (exact) mass is 439 g/mol. The molecule has 1 aliphatic heterocycles. The number of rotatable bonds is 7. The molecule has 3 rings (SSSR count). The number of para-hydroxylation sites is 1. The molecule has 1 aliphatic rings. The van der Waals surface area contributed by atoms with Crippen LogP contribution in [0, 0.1) is 6.92 Å². The highest BCUT2D eigenvalue weighted by Crippen LogP contribution is 2.41. The van der Waals surface area contributed by atoms with Gasteiger partial charge < -0.3 is 19.7 Å². The van der Waals surface area contributed by atoms with Crippen LogP contribution in [0.15, 0.2) is 69.8 Å². The van der Waals surface area contributed by atoms with E-state index >= 15 is 0 Å². The molecule has 160 valence electrons. The van der Waals surface area contributed by atoms with Gasteiger partial charge >= 0.3 is 11.9 Å². The van der Waals surface area contributed by atoms with Crippen molar-refractivity contribution >= 4 is 40.5 Å². The van der Waals surface area contributed by atoms with Gasteiger partial charge in [0.15, 0.2) is 6.61 Å². The lowest BCUT2D eigenvalue weighted by atomic mass is 10.1. The number of aliphatic imine (C=N–C) groups is 1. The summed E-state index contributed by atoms with van der Waals surface area (Å²) in [4.78, 5) is 28.2. The number of nitrogens with zero attached hydrogens (tertiary/aromatic N) is 1. The van der Waals surface area contributed by atoms with Crippen LogP contribution in [0.25, 0.3) is 6.08 Å². The molecule has 0 aliphatic carbocycles. The van der Waals surface area contributed by atoms with Crippen molar-refractivity contribution in [2.45, 2.75) is 13.8 Å². The van der Waals surface area contributed by atoms with E-state index in [1.54, 1.807) is 37.3 Å². The van der Waals surface area contributed by atoms with Crippen molar-refractivity contribution in [3.63, 3.8) is 0 Å². The number of hydrogen-bond donors (Lipinski definition) is 2. The zero-order valence-electron chi connectivity index (χ0n) is 17.0. The maximum atomic E-state index is 12.5. The first-order chi connectivity index (χ1) is 14.9. The molecule has 31 heavy (non-hydrogen) atoms. The summed E-state index contributed by atoms with van der Waals surface area (Å²) in [5.74, 6) is -1.68. The molecule has 0 amide bonds. The number of carboxylic acids is 1. The van der Waals surface area contributed by atoms with Crippen LogP contribution in [0.3, 0.4) is 0 Å². The standard InChI is InChI=1S/C23H21NO6S/c1-3-29-23(28)20-21(27)18(31-22(20)24-16-10-8-14(2)9-11-16)12-15-6-4-5-7-17(15)30-13-19(25)26/h4-12,27H,3,13H2,1-2H3,(H,25,26). The zero-order valence-corrected chi connectivity index (χ0v) is 17.8. The molecular formula is C23H21NO6S. The summed E-state index contributed by atoms with van der Waals surface area (Å²) < 4.78 is 10.4. The van der Waals surface area contributed by atoms with Crippen LogP contribution < -0.4 is 4.74 Å². The van der Waals surface area contributed by atoms with Crippen LogP contribution in [-0.2, 0) is 14.3 Å². The van der Waals surface area contributed by atoms with Gasteiger partial charge in [-0.3, -0.25) is 0 Å². The molecule has 0 unspecified atom stereocenters. The highest BCUT2D eigenvalue weighted by molar-refractivity contribution is 8.18. The summed E-state index contributed by atoms with van der Waals surface area (Å²) >= 11 is 1.12. The van der Waals surface area contributed by atoms with Crippen molar-refractivity contribution < 1.29 is 29.3 Å². The molecule has 0 atom stereocenters. The minimum absolute atomic E-state index is 0.0115. The Labute approximate surface area is 183 Å². The van der Waals surface area contributed by atoms with Crippen molar-refractivity contribution in [3.8, 4) is 5.75 Å². The maximum absolute atomic E-state index is 12.5. The number of benzene rings is 2. The number of aliphatic carboxylic acids is 1. The Balaban J connectivity index is 2.01. The first-order valence-corrected chi connectivity index (χ1v) is 10.3. The van der Waals surface area contributed by atoms with Crippen LogP contribution >= 0.6 is 11.8 Å². The molecule has 1 heterocycles. The lowest BCUT2D eigenvalue weighted by Crippen LogP contribution is -2.12. The smallest absolute Gasteiger partial charge is 0.344 e. The predicted molar refractivity (Wildman–Crippen MR) is 120 cm³/mol. The van der Waals surface area contributed by atoms with Crippen molar-refractivity contribution in [2.24, 2.45) is 4.99 Å². The van der Waals surface area contributed by atoms with Gasteiger partial charge in [-0.05, 0) is 38.1 Å². The highest BCUT2D eigenvalue weighted by Gasteiger charge is 2.33. The molecule has 0 spiro atoms. The molecule has 0 bridgehead atoms. The zero-order chi connectivity index (χ0) is 22.4. The fraction of sp³-hybridized carbons (Fsp3) is 0.174. The quantitative estimate of drug-likeness (QED) is 0.605. The van der Waals surface area contributed by atoms with E-state index in [0.29, 0.717) is 26.9 Å². The van der Waals surface area contributed by atoms with Crippen LogP contribution in [0.5, 0.6) is 5.75 Å². The lowest BCUT2D eigenvalue weighted by molar-refractivity contribution is -0.139. The average Bonchev–Trinajstić information content (AvgIpc) is 3.04. The first kappa shape index (κ1) is 22.2. The molecule has 2 aromatic rings. The number of aliphatic hydroxyl groups excluding tert-OH is 1. The number of carbonyl (C=O) groups is 2. The number of carbonyl (C=O) groups excluding carboxylic acids is 1. The van der Waals surface area contributed by atoms with Gasteiger partial charge in [-0.25, -0.2) is 14.6 Å². The lowest BCUT2D eigenvalue weighted by Gasteiger charge is -2.07. The van der Waals surface area contributed by atoms with Gasteiger partial charge in [-0.15, -0.1) is 0 Å². The summed E-state index contributed by atoms with van der Waals surface area (Å²) in [6.07, 6.45) is 1.62. The van der Waals surface area contributed by atoms with E-state index in [1.807, 2.05) is 31.2 Å². The van der Waals surface area contributed by atoms with Gasteiger partial charge in [0.05, 0.1) is 17.2 Å². The molecule has 8 heteroatoms. The average molecular weight is 439 g/mol. The normalized spacial score (nSPS) is 16.1. The molecule has 0 fully saturated rings. The third-order valence-electron chi connectivity index (χ3n) is 4.19. The second-order valence-corrected chi connectivity index (χ2v) is 7.56. The van der Waals surface area contributed by atoms with E-state index in [0.717, 1.165) is 17.3 Å². The molecule has 0 saturated carbocycles. The van der Waals surface area contributed by atoms with Crippen molar-refractivity contribution in [3.05, 3.63) is 75.9 Å². The summed E-state index contributed by atoms with van der Waals surface area (Å²) in [5, 5.41) is 20.0. The number of aliphatic hydroxyl groups is 1. The second kappa shape index (κ2) is 9.99. The van der Waals surface area contributed by atoms with Gasteiger partial charge in [-0.1, -0.05) is 47.7 Å². The first-order valence-electron chi connectivity index (χ1n) is 9.48. The number of aryl methyl sites for hydroxylation is 1.